The van der Waals surface area contributed by atoms with Crippen molar-refractivity contribution in [3.05, 3.63) is 11.6 Å². The molecule has 4 rings (SSSR count). The lowest BCUT2D eigenvalue weighted by molar-refractivity contribution is -0.172. The van der Waals surface area contributed by atoms with Crippen molar-refractivity contribution in [2.24, 2.45) is 28.6 Å². The maximum Gasteiger partial charge on any atom is 0.159 e. The average molecular weight is 465 g/mol. The molecule has 33 heavy (non-hydrogen) atoms. The van der Waals surface area contributed by atoms with Gasteiger partial charge in [-0.05, 0) is 107 Å². The van der Waals surface area contributed by atoms with Gasteiger partial charge in [0.1, 0.15) is 0 Å². The molecule has 6 nitrogen and oxygen atoms in total. The zero-order valence-electron chi connectivity index (χ0n) is 21.0. The van der Waals surface area contributed by atoms with Crippen molar-refractivity contribution in [3.8, 4) is 0 Å². The van der Waals surface area contributed by atoms with Gasteiger partial charge >= 0.3 is 0 Å². The van der Waals surface area contributed by atoms with Gasteiger partial charge in [-0.15, -0.1) is 0 Å². The predicted molar refractivity (Wildman–Crippen MR) is 125 cm³/mol. The third-order valence-electron chi connectivity index (χ3n) is 10.5. The zero-order chi connectivity index (χ0) is 24.6. The van der Waals surface area contributed by atoms with Crippen LogP contribution in [0.4, 0.5) is 0 Å². The van der Waals surface area contributed by atoms with Crippen molar-refractivity contribution in [1.82, 2.24) is 0 Å². The summed E-state index contributed by atoms with van der Waals surface area (Å²) in [5, 5.41) is 55.0. The second kappa shape index (κ2) is 7.86. The number of hydrogen-bond acceptors (Lipinski definition) is 6. The van der Waals surface area contributed by atoms with E-state index in [-0.39, 0.29) is 35.4 Å². The molecule has 0 saturated heterocycles. The highest BCUT2D eigenvalue weighted by atomic mass is 16.3. The Morgan fingerprint density at radius 1 is 1.06 bits per heavy atom. The molecule has 0 aromatic carbocycles. The van der Waals surface area contributed by atoms with Crippen LogP contribution in [-0.2, 0) is 4.79 Å². The fourth-order valence-corrected chi connectivity index (χ4v) is 8.27. The van der Waals surface area contributed by atoms with E-state index in [9.17, 15) is 30.3 Å². The Hall–Kier alpha value is -0.790. The molecule has 6 heteroatoms. The van der Waals surface area contributed by atoms with E-state index in [4.69, 9.17) is 0 Å². The van der Waals surface area contributed by atoms with Crippen molar-refractivity contribution >= 4 is 5.78 Å². The van der Waals surface area contributed by atoms with Crippen LogP contribution in [-0.4, -0.2) is 60.3 Å². The van der Waals surface area contributed by atoms with Crippen LogP contribution in [0.2, 0.25) is 0 Å². The molecule has 3 saturated carbocycles. The Labute approximate surface area is 198 Å². The van der Waals surface area contributed by atoms with Gasteiger partial charge in [0.05, 0.1) is 29.0 Å². The fourth-order valence-electron chi connectivity index (χ4n) is 8.27. The topological polar surface area (TPSA) is 118 Å². The molecule has 188 valence electrons. The number of allylic oxidation sites excluding steroid dienone is 1. The maximum absolute atomic E-state index is 13.2. The molecule has 0 heterocycles. The lowest BCUT2D eigenvalue weighted by Gasteiger charge is -2.60. The summed E-state index contributed by atoms with van der Waals surface area (Å²) in [5.74, 6) is -0.426. The highest BCUT2D eigenvalue weighted by Gasteiger charge is 2.68. The monoisotopic (exact) mass is 464 g/mol. The van der Waals surface area contributed by atoms with Gasteiger partial charge in [-0.1, -0.05) is 13.8 Å². The van der Waals surface area contributed by atoms with Gasteiger partial charge < -0.3 is 25.5 Å². The van der Waals surface area contributed by atoms with Gasteiger partial charge in [0.25, 0.3) is 0 Å². The minimum absolute atomic E-state index is 0.0144. The Bertz CT molecular complexity index is 827. The summed E-state index contributed by atoms with van der Waals surface area (Å²) in [6, 6.07) is 0. The number of fused-ring (bicyclic) bond motifs is 5. The second-order valence-electron chi connectivity index (χ2n) is 13.0. The molecule has 0 radical (unpaired) electrons. The highest BCUT2D eigenvalue weighted by molar-refractivity contribution is 5.95. The molecule has 3 fully saturated rings. The van der Waals surface area contributed by atoms with E-state index in [1.54, 1.807) is 26.8 Å². The van der Waals surface area contributed by atoms with Crippen molar-refractivity contribution in [1.29, 1.82) is 0 Å². The first kappa shape index (κ1) is 25.3. The van der Waals surface area contributed by atoms with Crippen LogP contribution in [0, 0.1) is 28.6 Å². The molecule has 0 aromatic heterocycles. The van der Waals surface area contributed by atoms with E-state index >= 15 is 0 Å². The van der Waals surface area contributed by atoms with Gasteiger partial charge in [0.15, 0.2) is 5.78 Å². The molecule has 0 amide bonds. The standard InChI is InChI=1S/C27H44O6/c1-23(2,31)10-9-22(30)26(5,32)21-8-13-27(33)18-15-20(29)19-14-16(28)6-11-24(19,3)17(18)7-12-25(21,27)4/h15-17,19,21-22,28,30-33H,6-14H2,1-5H3/t16-,17-,19+,21-,22+,24+,25+,26+,27+/m0/s1. The van der Waals surface area contributed by atoms with Crippen LogP contribution in [0.15, 0.2) is 11.6 Å². The SMILES string of the molecule is CC(C)(O)CC[C@@H](O)[C@](C)(O)[C@H]1CC[C@@]2(O)C3=CC(=O)[C@H]4C[C@@H](O)CC[C@]4(C)[C@H]3CC[C@]12C. The first-order valence-corrected chi connectivity index (χ1v) is 12.9. The Kier molecular flexibility index (Phi) is 6.03. The Morgan fingerprint density at radius 2 is 1.73 bits per heavy atom. The van der Waals surface area contributed by atoms with Crippen LogP contribution in [0.3, 0.4) is 0 Å². The quantitative estimate of drug-likeness (QED) is 0.427. The summed E-state index contributed by atoms with van der Waals surface area (Å²) < 4.78 is 0. The molecule has 0 unspecified atom stereocenters. The van der Waals surface area contributed by atoms with E-state index in [2.05, 4.69) is 6.92 Å². The number of aliphatic hydroxyl groups is 5. The smallest absolute Gasteiger partial charge is 0.159 e. The molecule has 0 aliphatic heterocycles. The van der Waals surface area contributed by atoms with Crippen LogP contribution in [0.5, 0.6) is 0 Å². The molecule has 0 bridgehead atoms. The summed E-state index contributed by atoms with van der Waals surface area (Å²) in [5.41, 5.74) is -3.64. The Balaban J connectivity index is 1.65. The minimum Gasteiger partial charge on any atom is -0.393 e. The van der Waals surface area contributed by atoms with Crippen molar-refractivity contribution in [2.75, 3.05) is 0 Å². The Morgan fingerprint density at radius 3 is 2.36 bits per heavy atom. The molecule has 4 aliphatic carbocycles. The van der Waals surface area contributed by atoms with E-state index in [1.807, 2.05) is 6.92 Å². The number of ketones is 1. The normalized spacial score (nSPS) is 46.0. The average Bonchev–Trinajstić information content (AvgIpc) is 2.99. The van der Waals surface area contributed by atoms with Crippen LogP contribution in [0.25, 0.3) is 0 Å². The number of carbonyl (C=O) groups excluding carboxylic acids is 1. The second-order valence-corrected chi connectivity index (χ2v) is 13.0. The zero-order valence-corrected chi connectivity index (χ0v) is 21.0. The number of aliphatic hydroxyl groups excluding tert-OH is 2. The summed E-state index contributed by atoms with van der Waals surface area (Å²) in [6.45, 7) is 9.22. The summed E-state index contributed by atoms with van der Waals surface area (Å²) in [6.07, 6.45) is 5.38. The fraction of sp³-hybridized carbons (Fsp3) is 0.889. The van der Waals surface area contributed by atoms with E-state index < -0.39 is 34.4 Å². The lowest BCUT2D eigenvalue weighted by Crippen LogP contribution is -2.62. The molecule has 5 N–H and O–H groups in total. The number of carbonyl (C=O) groups is 1. The van der Waals surface area contributed by atoms with Crippen molar-refractivity contribution < 1.29 is 30.3 Å². The largest absolute Gasteiger partial charge is 0.393 e. The lowest BCUT2D eigenvalue weighted by atomic mass is 9.46. The summed E-state index contributed by atoms with van der Waals surface area (Å²) in [7, 11) is 0. The summed E-state index contributed by atoms with van der Waals surface area (Å²) >= 11 is 0. The third kappa shape index (κ3) is 3.76. The molecule has 4 aliphatic rings. The molecule has 0 spiro atoms. The first-order chi connectivity index (χ1) is 15.1. The van der Waals surface area contributed by atoms with Gasteiger partial charge in [0.2, 0.25) is 0 Å². The van der Waals surface area contributed by atoms with Gasteiger partial charge in [0, 0.05) is 11.3 Å². The van der Waals surface area contributed by atoms with E-state index in [0.29, 0.717) is 38.5 Å². The number of hydrogen-bond donors (Lipinski definition) is 5. The maximum atomic E-state index is 13.2. The van der Waals surface area contributed by atoms with Crippen molar-refractivity contribution in [3.63, 3.8) is 0 Å². The summed E-state index contributed by atoms with van der Waals surface area (Å²) in [4.78, 5) is 13.2. The minimum atomic E-state index is -1.42. The van der Waals surface area contributed by atoms with Gasteiger partial charge in [-0.2, -0.15) is 0 Å². The highest BCUT2D eigenvalue weighted by Crippen LogP contribution is 2.68. The molecule has 0 aromatic rings. The third-order valence-corrected chi connectivity index (χ3v) is 10.5. The molecule has 9 atom stereocenters. The predicted octanol–water partition coefficient (Wildman–Crippen LogP) is 2.88. The van der Waals surface area contributed by atoms with Crippen LogP contribution < -0.4 is 0 Å². The molecular formula is C27H44O6. The van der Waals surface area contributed by atoms with E-state index in [0.717, 1.165) is 18.4 Å². The van der Waals surface area contributed by atoms with Gasteiger partial charge in [-0.3, -0.25) is 4.79 Å². The van der Waals surface area contributed by atoms with Crippen molar-refractivity contribution in [2.45, 2.75) is 121 Å². The van der Waals surface area contributed by atoms with Crippen LogP contribution >= 0.6 is 0 Å². The number of rotatable bonds is 5. The van der Waals surface area contributed by atoms with Crippen LogP contribution in [0.1, 0.15) is 92.4 Å². The van der Waals surface area contributed by atoms with E-state index in [1.165, 1.54) is 0 Å². The first-order valence-electron chi connectivity index (χ1n) is 12.9. The van der Waals surface area contributed by atoms with Gasteiger partial charge in [-0.25, -0.2) is 0 Å². The molecular weight excluding hydrogens is 420 g/mol.